The van der Waals surface area contributed by atoms with E-state index in [-0.39, 0.29) is 21.7 Å². The minimum Gasteiger partial charge on any atom is -0.605 e. The van der Waals surface area contributed by atoms with E-state index in [2.05, 4.69) is 20.0 Å². The molecule has 2 heterocycles. The Morgan fingerprint density at radius 3 is 2.85 bits per heavy atom. The van der Waals surface area contributed by atoms with Gasteiger partial charge >= 0.3 is 0 Å². The Balaban J connectivity index is 1.68. The molecular weight excluding hydrogens is 511 g/mol. The van der Waals surface area contributed by atoms with Crippen LogP contribution in [-0.2, 0) is 20.2 Å². The normalized spacial score (nSPS) is 18.4. The maximum atomic E-state index is 13.5. The first kappa shape index (κ1) is 24.1. The van der Waals surface area contributed by atoms with Gasteiger partial charge in [0.25, 0.3) is 0 Å². The van der Waals surface area contributed by atoms with Gasteiger partial charge in [-0.15, -0.1) is 0 Å². The van der Waals surface area contributed by atoms with Crippen molar-refractivity contribution in [2.75, 3.05) is 28.2 Å². The predicted octanol–water partition coefficient (Wildman–Crippen LogP) is 4.48. The summed E-state index contributed by atoms with van der Waals surface area (Å²) in [4.78, 5) is 8.50. The molecule has 2 atom stereocenters. The summed E-state index contributed by atoms with van der Waals surface area (Å²) in [5.41, 5.74) is 1.26. The van der Waals surface area contributed by atoms with Gasteiger partial charge < -0.3 is 14.6 Å². The van der Waals surface area contributed by atoms with E-state index in [9.17, 15) is 17.4 Å². The average Bonchev–Trinajstić information content (AvgIpc) is 3.15. The summed E-state index contributed by atoms with van der Waals surface area (Å²) in [7, 11) is -3.60. The minimum absolute atomic E-state index is 0.0452. The Hall–Kier alpha value is -1.99. The lowest BCUT2D eigenvalue weighted by molar-refractivity contribution is 0.342. The summed E-state index contributed by atoms with van der Waals surface area (Å²) in [5, 5.41) is 3.31. The second-order valence-electron chi connectivity index (χ2n) is 7.17. The van der Waals surface area contributed by atoms with E-state index in [1.807, 2.05) is 0 Å². The van der Waals surface area contributed by atoms with E-state index in [1.54, 1.807) is 19.1 Å². The molecule has 1 aliphatic rings. The predicted molar refractivity (Wildman–Crippen MR) is 132 cm³/mol. The van der Waals surface area contributed by atoms with Gasteiger partial charge in [0.15, 0.2) is 0 Å². The van der Waals surface area contributed by atoms with Gasteiger partial charge in [0.1, 0.15) is 29.5 Å². The van der Waals surface area contributed by atoms with Crippen molar-refractivity contribution < 1.29 is 22.1 Å². The lowest BCUT2D eigenvalue weighted by Crippen LogP contribution is -2.23. The molecule has 0 spiro atoms. The van der Waals surface area contributed by atoms with Crippen molar-refractivity contribution in [3.63, 3.8) is 0 Å². The second kappa shape index (κ2) is 10.1. The molecule has 0 bridgehead atoms. The molecule has 0 aliphatic carbocycles. The zero-order valence-corrected chi connectivity index (χ0v) is 20.6. The van der Waals surface area contributed by atoms with Crippen LogP contribution in [0.1, 0.15) is 13.3 Å². The number of ether oxygens (including phenoxy) is 1. The number of nitrogens with zero attached hydrogens (tertiary/aromatic N) is 2. The number of rotatable bonds is 8. The van der Waals surface area contributed by atoms with E-state index in [0.717, 1.165) is 0 Å². The fourth-order valence-electron chi connectivity index (χ4n) is 3.29. The standard InChI is InChI=1S/C20H20ClFN4O4S3/c1-2-30-19-9-17-14(8-18(19)26-33(28,29)10-13-5-6-32(27)31-13)20(24-11-23-17)25-12-3-4-16(22)15(21)7-12/h3-4,7-9,11,13,26H,2,5-6,10H2,1H3,(H,23,24,25). The summed E-state index contributed by atoms with van der Waals surface area (Å²) in [6, 6.07) is 7.38. The Morgan fingerprint density at radius 2 is 2.15 bits per heavy atom. The zero-order chi connectivity index (χ0) is 23.6. The maximum absolute atomic E-state index is 13.5. The fourth-order valence-corrected chi connectivity index (χ4v) is 8.98. The molecule has 2 aromatic carbocycles. The molecule has 13 heteroatoms. The van der Waals surface area contributed by atoms with Gasteiger partial charge in [-0.2, -0.15) is 0 Å². The van der Waals surface area contributed by atoms with E-state index < -0.39 is 26.0 Å². The lowest BCUT2D eigenvalue weighted by Gasteiger charge is -2.16. The average molecular weight is 531 g/mol. The first-order chi connectivity index (χ1) is 15.7. The van der Waals surface area contributed by atoms with Gasteiger partial charge in [0.05, 0.1) is 44.6 Å². The molecule has 176 valence electrons. The maximum Gasteiger partial charge on any atom is 0.234 e. The summed E-state index contributed by atoms with van der Waals surface area (Å²) < 4.78 is 59.0. The molecule has 0 saturated carbocycles. The summed E-state index contributed by atoms with van der Waals surface area (Å²) in [6.07, 6.45) is 1.93. The van der Waals surface area contributed by atoms with Crippen LogP contribution in [0.15, 0.2) is 36.7 Å². The van der Waals surface area contributed by atoms with Gasteiger partial charge in [-0.3, -0.25) is 4.72 Å². The number of fused-ring (bicyclic) bond motifs is 1. The molecule has 3 aromatic rings. The monoisotopic (exact) mass is 530 g/mol. The third-order valence-electron chi connectivity index (χ3n) is 4.74. The molecule has 1 aliphatic heterocycles. The van der Waals surface area contributed by atoms with Crippen molar-refractivity contribution in [2.24, 2.45) is 0 Å². The first-order valence-corrected chi connectivity index (χ1v) is 14.7. The van der Waals surface area contributed by atoms with Gasteiger partial charge in [-0.1, -0.05) is 11.6 Å². The Labute approximate surface area is 202 Å². The molecule has 8 nitrogen and oxygen atoms in total. The van der Waals surface area contributed by atoms with Crippen molar-refractivity contribution in [3.8, 4) is 5.75 Å². The van der Waals surface area contributed by atoms with Crippen LogP contribution in [0.5, 0.6) is 5.75 Å². The molecular formula is C20H20ClFN4O4S3. The fraction of sp³-hybridized carbons (Fsp3) is 0.300. The highest BCUT2D eigenvalue weighted by Crippen LogP contribution is 2.36. The van der Waals surface area contributed by atoms with Crippen LogP contribution < -0.4 is 14.8 Å². The van der Waals surface area contributed by atoms with Crippen LogP contribution in [0.4, 0.5) is 21.6 Å². The highest BCUT2D eigenvalue weighted by Gasteiger charge is 2.33. The van der Waals surface area contributed by atoms with Crippen LogP contribution in [0.2, 0.25) is 5.02 Å². The second-order valence-corrected chi connectivity index (χ2v) is 12.9. The number of halogens is 2. The van der Waals surface area contributed by atoms with Crippen LogP contribution in [0, 0.1) is 5.82 Å². The van der Waals surface area contributed by atoms with Crippen molar-refractivity contribution >= 4 is 70.7 Å². The SMILES string of the molecule is CCOc1cc2ncnc(Nc3ccc(F)c(Cl)c3)c2cc1NS(=O)(=O)CC1CC[S+]([O-])S1. The van der Waals surface area contributed by atoms with E-state index in [1.165, 1.54) is 35.3 Å². The Kier molecular flexibility index (Phi) is 7.39. The van der Waals surface area contributed by atoms with E-state index in [0.29, 0.717) is 46.9 Å². The smallest absolute Gasteiger partial charge is 0.234 e. The quantitative estimate of drug-likeness (QED) is 0.323. The topological polar surface area (TPSA) is 116 Å². The number of nitrogens with one attached hydrogen (secondary N) is 2. The van der Waals surface area contributed by atoms with Gasteiger partial charge in [-0.05, 0) is 31.2 Å². The Bertz CT molecular complexity index is 1280. The number of anilines is 3. The molecule has 4 rings (SSSR count). The van der Waals surface area contributed by atoms with Crippen molar-refractivity contribution in [2.45, 2.75) is 18.6 Å². The lowest BCUT2D eigenvalue weighted by atomic mass is 10.2. The highest BCUT2D eigenvalue weighted by molar-refractivity contribution is 8.72. The molecule has 2 N–H and O–H groups in total. The van der Waals surface area contributed by atoms with Crippen LogP contribution in [0.3, 0.4) is 0 Å². The largest absolute Gasteiger partial charge is 0.605 e. The van der Waals surface area contributed by atoms with Crippen LogP contribution in [-0.4, -0.2) is 46.3 Å². The minimum atomic E-state index is -3.74. The number of benzene rings is 2. The molecule has 33 heavy (non-hydrogen) atoms. The Morgan fingerprint density at radius 1 is 1.33 bits per heavy atom. The van der Waals surface area contributed by atoms with Crippen molar-refractivity contribution in [1.82, 2.24) is 9.97 Å². The van der Waals surface area contributed by atoms with Crippen LogP contribution in [0.25, 0.3) is 10.9 Å². The number of hydrogen-bond acceptors (Lipinski definition) is 8. The van der Waals surface area contributed by atoms with Gasteiger partial charge in [0, 0.05) is 33.8 Å². The van der Waals surface area contributed by atoms with E-state index in [4.69, 9.17) is 16.3 Å². The molecule has 1 saturated heterocycles. The molecule has 0 amide bonds. The number of hydrogen-bond donors (Lipinski definition) is 2. The molecule has 0 radical (unpaired) electrons. The van der Waals surface area contributed by atoms with Crippen LogP contribution >= 0.6 is 22.4 Å². The molecule has 1 aromatic heterocycles. The third kappa shape index (κ3) is 5.93. The van der Waals surface area contributed by atoms with Crippen molar-refractivity contribution in [3.05, 3.63) is 47.5 Å². The zero-order valence-electron chi connectivity index (χ0n) is 17.4. The summed E-state index contributed by atoms with van der Waals surface area (Å²) in [5.74, 6) is 0.498. The number of aromatic nitrogens is 2. The van der Waals surface area contributed by atoms with Gasteiger partial charge in [0.2, 0.25) is 10.0 Å². The van der Waals surface area contributed by atoms with Crippen molar-refractivity contribution in [1.29, 1.82) is 0 Å². The van der Waals surface area contributed by atoms with E-state index >= 15 is 0 Å². The summed E-state index contributed by atoms with van der Waals surface area (Å²) in [6.45, 7) is 2.11. The molecule has 1 fully saturated rings. The van der Waals surface area contributed by atoms with Gasteiger partial charge in [-0.25, -0.2) is 22.8 Å². The molecule has 2 unspecified atom stereocenters. The first-order valence-electron chi connectivity index (χ1n) is 9.93. The highest BCUT2D eigenvalue weighted by atomic mass is 35.5. The summed E-state index contributed by atoms with van der Waals surface area (Å²) >= 11 is 5.87. The number of sulfonamides is 1. The third-order valence-corrected chi connectivity index (χ3v) is 10.0.